The molecular weight excluding hydrogens is 454 g/mol. The third-order valence-corrected chi connectivity index (χ3v) is 4.14. The number of nitrogens with one attached hydrogen (secondary N) is 2. The molecule has 11 nitrogen and oxygen atoms in total. The molecule has 2 amide bonds. The summed E-state index contributed by atoms with van der Waals surface area (Å²) in [5.74, 6) is 0.287. The number of ether oxygens (including phenoxy) is 3. The summed E-state index contributed by atoms with van der Waals surface area (Å²) in [6.07, 6.45) is 0.266. The van der Waals surface area contributed by atoms with Gasteiger partial charge < -0.3 is 19.5 Å². The number of anilines is 1. The highest BCUT2D eigenvalue weighted by Crippen LogP contribution is 2.14. The van der Waals surface area contributed by atoms with E-state index < -0.39 is 28.9 Å². The molecule has 1 atom stereocenters. The van der Waals surface area contributed by atoms with E-state index in [0.29, 0.717) is 11.3 Å². The Morgan fingerprint density at radius 3 is 2.23 bits per heavy atom. The van der Waals surface area contributed by atoms with Crippen LogP contribution in [-0.2, 0) is 20.8 Å². The molecule has 0 unspecified atom stereocenters. The maximum absolute atomic E-state index is 13.0. The Morgan fingerprint density at radius 1 is 1.03 bits per heavy atom. The highest BCUT2D eigenvalue weighted by Gasteiger charge is 2.20. The fraction of sp³-hybridized carbons (Fsp3) is 0.542. The Morgan fingerprint density at radius 2 is 1.66 bits per heavy atom. The minimum atomic E-state index is -0.760. The summed E-state index contributed by atoms with van der Waals surface area (Å²) in [6.45, 7) is 14.4. The van der Waals surface area contributed by atoms with Gasteiger partial charge in [0.1, 0.15) is 16.9 Å². The molecule has 0 fully saturated rings. The summed E-state index contributed by atoms with van der Waals surface area (Å²) in [5, 5.41) is 13.3. The van der Waals surface area contributed by atoms with E-state index in [0.717, 1.165) is 0 Å². The molecule has 0 saturated carbocycles. The molecule has 11 heteroatoms. The van der Waals surface area contributed by atoms with Crippen LogP contribution in [0.4, 0.5) is 15.3 Å². The van der Waals surface area contributed by atoms with Gasteiger partial charge in [-0.3, -0.25) is 14.7 Å². The Labute approximate surface area is 205 Å². The van der Waals surface area contributed by atoms with Crippen LogP contribution in [0.2, 0.25) is 0 Å². The second-order valence-corrected chi connectivity index (χ2v) is 10.2. The third-order valence-electron chi connectivity index (χ3n) is 4.14. The van der Waals surface area contributed by atoms with Crippen molar-refractivity contribution in [1.29, 1.82) is 0 Å². The predicted molar refractivity (Wildman–Crippen MR) is 131 cm³/mol. The lowest BCUT2D eigenvalue weighted by Gasteiger charge is -2.22. The predicted octanol–water partition coefficient (Wildman–Crippen LogP) is 3.71. The summed E-state index contributed by atoms with van der Waals surface area (Å²) in [6, 6.07) is 4.57. The van der Waals surface area contributed by atoms with Gasteiger partial charge in [0.15, 0.2) is 5.82 Å². The second kappa shape index (κ2) is 11.3. The monoisotopic (exact) mass is 489 g/mol. The zero-order chi connectivity index (χ0) is 26.4. The standard InChI is InChI=1S/C24H35N5O6/c1-15-9-10-19(28-27-15)29-12-17(11-18(20(29)30)26-22(32)35-24(6,7)8)14-33-13-16(2)25-21(31)34-23(3,4)5/h9-12,16H,13-14H2,1-8H3,(H,25,31)(H,26,32)/t16-/m1/s1. The molecule has 35 heavy (non-hydrogen) atoms. The van der Waals surface area contributed by atoms with Crippen LogP contribution in [0.25, 0.3) is 5.82 Å². The lowest BCUT2D eigenvalue weighted by atomic mass is 10.2. The first kappa shape index (κ1) is 27.8. The zero-order valence-corrected chi connectivity index (χ0v) is 21.6. The van der Waals surface area contributed by atoms with Crippen LogP contribution in [0.15, 0.2) is 29.2 Å². The van der Waals surface area contributed by atoms with Crippen LogP contribution in [0.1, 0.15) is 59.7 Å². The van der Waals surface area contributed by atoms with E-state index in [2.05, 4.69) is 20.8 Å². The summed E-state index contributed by atoms with van der Waals surface area (Å²) < 4.78 is 17.5. The molecule has 192 valence electrons. The summed E-state index contributed by atoms with van der Waals surface area (Å²) in [4.78, 5) is 37.3. The highest BCUT2D eigenvalue weighted by atomic mass is 16.6. The van der Waals surface area contributed by atoms with Crippen LogP contribution >= 0.6 is 0 Å². The number of rotatable bonds is 7. The lowest BCUT2D eigenvalue weighted by molar-refractivity contribution is 0.0441. The largest absolute Gasteiger partial charge is 0.444 e. The minimum Gasteiger partial charge on any atom is -0.444 e. The van der Waals surface area contributed by atoms with Crippen molar-refractivity contribution in [2.45, 2.75) is 79.2 Å². The molecule has 0 spiro atoms. The van der Waals surface area contributed by atoms with Crippen LogP contribution in [0, 0.1) is 6.92 Å². The average Bonchev–Trinajstić information content (AvgIpc) is 2.68. The van der Waals surface area contributed by atoms with Gasteiger partial charge in [-0.25, -0.2) is 9.59 Å². The highest BCUT2D eigenvalue weighted by molar-refractivity contribution is 5.84. The second-order valence-electron chi connectivity index (χ2n) is 10.2. The number of amides is 2. The molecule has 0 saturated heterocycles. The van der Waals surface area contributed by atoms with Gasteiger partial charge in [-0.1, -0.05) is 0 Å². The molecule has 0 bridgehead atoms. The number of aryl methyl sites for hydroxylation is 1. The van der Waals surface area contributed by atoms with Crippen LogP contribution in [-0.4, -0.2) is 50.8 Å². The van der Waals surface area contributed by atoms with E-state index in [1.54, 1.807) is 73.7 Å². The maximum atomic E-state index is 13.0. The fourth-order valence-corrected chi connectivity index (χ4v) is 2.82. The normalized spacial score (nSPS) is 12.6. The van der Waals surface area contributed by atoms with Crippen molar-refractivity contribution >= 4 is 17.9 Å². The van der Waals surface area contributed by atoms with Crippen molar-refractivity contribution in [3.63, 3.8) is 0 Å². The van der Waals surface area contributed by atoms with Crippen molar-refractivity contribution in [1.82, 2.24) is 20.1 Å². The van der Waals surface area contributed by atoms with E-state index >= 15 is 0 Å². The molecule has 0 aliphatic rings. The van der Waals surface area contributed by atoms with Gasteiger partial charge >= 0.3 is 12.2 Å². The molecule has 2 N–H and O–H groups in total. The summed E-state index contributed by atoms with van der Waals surface area (Å²) >= 11 is 0. The number of nitrogens with zero attached hydrogens (tertiary/aromatic N) is 3. The van der Waals surface area contributed by atoms with Gasteiger partial charge in [0, 0.05) is 6.20 Å². The number of carbonyl (C=O) groups excluding carboxylic acids is 2. The fourth-order valence-electron chi connectivity index (χ4n) is 2.82. The number of carbonyl (C=O) groups is 2. The van der Waals surface area contributed by atoms with Gasteiger partial charge in [0.05, 0.1) is 24.9 Å². The van der Waals surface area contributed by atoms with Gasteiger partial charge in [-0.2, -0.15) is 5.10 Å². The number of pyridine rings is 1. The Hall–Kier alpha value is -3.47. The minimum absolute atomic E-state index is 0.00246. The first-order valence-electron chi connectivity index (χ1n) is 11.3. The quantitative estimate of drug-likeness (QED) is 0.601. The number of alkyl carbamates (subject to hydrolysis) is 1. The molecular formula is C24H35N5O6. The van der Waals surface area contributed by atoms with Crippen molar-refractivity contribution in [3.8, 4) is 5.82 Å². The Kier molecular flexibility index (Phi) is 8.97. The molecule has 0 aliphatic carbocycles. The van der Waals surface area contributed by atoms with Gasteiger partial charge in [0.2, 0.25) is 0 Å². The van der Waals surface area contributed by atoms with E-state index in [-0.39, 0.29) is 30.8 Å². The van der Waals surface area contributed by atoms with Crippen molar-refractivity contribution in [2.24, 2.45) is 0 Å². The van der Waals surface area contributed by atoms with Crippen molar-refractivity contribution in [2.75, 3.05) is 11.9 Å². The molecule has 0 aliphatic heterocycles. The van der Waals surface area contributed by atoms with Crippen molar-refractivity contribution in [3.05, 3.63) is 46.0 Å². The molecule has 2 aromatic rings. The van der Waals surface area contributed by atoms with E-state index in [1.807, 2.05) is 0 Å². The summed E-state index contributed by atoms with van der Waals surface area (Å²) in [7, 11) is 0. The molecule has 2 aromatic heterocycles. The molecule has 2 rings (SSSR count). The van der Waals surface area contributed by atoms with Crippen LogP contribution in [0.5, 0.6) is 0 Å². The van der Waals surface area contributed by atoms with Gasteiger partial charge in [-0.15, -0.1) is 5.10 Å². The smallest absolute Gasteiger partial charge is 0.412 e. The first-order chi connectivity index (χ1) is 16.1. The summed E-state index contributed by atoms with van der Waals surface area (Å²) in [5.41, 5.74) is -0.555. The van der Waals surface area contributed by atoms with Crippen LogP contribution < -0.4 is 16.2 Å². The van der Waals surface area contributed by atoms with Crippen LogP contribution in [0.3, 0.4) is 0 Å². The first-order valence-corrected chi connectivity index (χ1v) is 11.3. The number of aromatic nitrogens is 3. The molecule has 0 radical (unpaired) electrons. The van der Waals surface area contributed by atoms with Gasteiger partial charge in [0.25, 0.3) is 5.56 Å². The SMILES string of the molecule is Cc1ccc(-n2cc(COC[C@@H](C)NC(=O)OC(C)(C)C)cc(NC(=O)OC(C)(C)C)c2=O)nn1. The lowest BCUT2D eigenvalue weighted by Crippen LogP contribution is -2.39. The number of hydrogen-bond donors (Lipinski definition) is 2. The third kappa shape index (κ3) is 9.73. The maximum Gasteiger partial charge on any atom is 0.412 e. The zero-order valence-electron chi connectivity index (χ0n) is 21.6. The molecule has 0 aromatic carbocycles. The number of hydrogen-bond acceptors (Lipinski definition) is 8. The topological polar surface area (TPSA) is 134 Å². The van der Waals surface area contributed by atoms with Gasteiger partial charge in [-0.05, 0) is 79.2 Å². The molecule has 2 heterocycles. The Bertz CT molecular complexity index is 1080. The average molecular weight is 490 g/mol. The van der Waals surface area contributed by atoms with Crippen molar-refractivity contribution < 1.29 is 23.8 Å². The van der Waals surface area contributed by atoms with E-state index in [1.165, 1.54) is 10.6 Å². The Balaban J connectivity index is 2.19. The van der Waals surface area contributed by atoms with E-state index in [9.17, 15) is 14.4 Å². The van der Waals surface area contributed by atoms with E-state index in [4.69, 9.17) is 14.2 Å².